The van der Waals surface area contributed by atoms with Crippen LogP contribution in [0.25, 0.3) is 16.8 Å². The van der Waals surface area contributed by atoms with Crippen molar-refractivity contribution in [3.8, 4) is 11.1 Å². The van der Waals surface area contributed by atoms with Gasteiger partial charge in [-0.1, -0.05) is 0 Å². The van der Waals surface area contributed by atoms with Gasteiger partial charge in [0.1, 0.15) is 5.82 Å². The Hall–Kier alpha value is -1.93. The maximum atomic E-state index is 6.32. The average Bonchev–Trinajstić information content (AvgIpc) is 3.25. The van der Waals surface area contributed by atoms with Crippen molar-refractivity contribution in [2.75, 3.05) is 18.8 Å². The van der Waals surface area contributed by atoms with Crippen molar-refractivity contribution in [2.24, 2.45) is 0 Å². The number of nitrogens with two attached hydrogens (primary N) is 1. The van der Waals surface area contributed by atoms with E-state index in [1.807, 2.05) is 23.3 Å². The second-order valence-corrected chi connectivity index (χ2v) is 6.91. The molecule has 1 atom stereocenters. The largest absolute Gasteiger partial charge is 0.383 e. The molecule has 0 radical (unpaired) electrons. The molecule has 0 bridgehead atoms. The zero-order chi connectivity index (χ0) is 16.7. The van der Waals surface area contributed by atoms with E-state index in [0.717, 1.165) is 59.4 Å². The molecule has 0 spiro atoms. The SMILES string of the molecule is CCn1cc(-c2cnn3c(N)c(Br)c(C4CCCNC4)nc23)cn1. The standard InChI is InChI=1S/C16H20BrN7/c1-2-23-9-11(7-20-23)12-8-21-24-15(18)13(17)14(22-16(12)24)10-4-3-5-19-6-10/h7-10,19H,2-6,18H2,1H3. The van der Waals surface area contributed by atoms with Crippen molar-refractivity contribution >= 4 is 27.4 Å². The lowest BCUT2D eigenvalue weighted by Gasteiger charge is -2.23. The second-order valence-electron chi connectivity index (χ2n) is 6.12. The first-order valence-electron chi connectivity index (χ1n) is 8.25. The molecule has 0 aliphatic carbocycles. The fourth-order valence-corrected chi connectivity index (χ4v) is 3.83. The first-order chi connectivity index (χ1) is 11.7. The van der Waals surface area contributed by atoms with E-state index < -0.39 is 0 Å². The summed E-state index contributed by atoms with van der Waals surface area (Å²) in [6.45, 7) is 4.90. The molecule has 7 nitrogen and oxygen atoms in total. The summed E-state index contributed by atoms with van der Waals surface area (Å²) >= 11 is 3.63. The Morgan fingerprint density at radius 2 is 2.25 bits per heavy atom. The summed E-state index contributed by atoms with van der Waals surface area (Å²) in [5.41, 5.74) is 10.1. The van der Waals surface area contributed by atoms with Crippen LogP contribution in [-0.2, 0) is 6.54 Å². The van der Waals surface area contributed by atoms with Gasteiger partial charge in [-0.2, -0.15) is 14.7 Å². The first kappa shape index (κ1) is 15.6. The van der Waals surface area contributed by atoms with Gasteiger partial charge >= 0.3 is 0 Å². The number of anilines is 1. The normalized spacial score (nSPS) is 18.3. The Morgan fingerprint density at radius 1 is 1.38 bits per heavy atom. The maximum Gasteiger partial charge on any atom is 0.165 e. The summed E-state index contributed by atoms with van der Waals surface area (Å²) in [4.78, 5) is 4.93. The minimum absolute atomic E-state index is 0.363. The Balaban J connectivity index is 1.86. The van der Waals surface area contributed by atoms with Crippen molar-refractivity contribution < 1.29 is 0 Å². The number of fused-ring (bicyclic) bond motifs is 1. The Morgan fingerprint density at radius 3 is 2.96 bits per heavy atom. The molecule has 4 heterocycles. The summed E-state index contributed by atoms with van der Waals surface area (Å²) < 4.78 is 4.44. The van der Waals surface area contributed by atoms with Crippen LogP contribution >= 0.6 is 15.9 Å². The van der Waals surface area contributed by atoms with Crippen LogP contribution in [-0.4, -0.2) is 37.5 Å². The molecule has 0 saturated carbocycles. The van der Waals surface area contributed by atoms with Crippen LogP contribution < -0.4 is 11.1 Å². The molecule has 3 N–H and O–H groups in total. The van der Waals surface area contributed by atoms with Crippen molar-refractivity contribution in [2.45, 2.75) is 32.2 Å². The number of aromatic nitrogens is 5. The van der Waals surface area contributed by atoms with Gasteiger partial charge in [0.15, 0.2) is 5.65 Å². The Labute approximate surface area is 148 Å². The van der Waals surface area contributed by atoms with Gasteiger partial charge in [0, 0.05) is 36.3 Å². The van der Waals surface area contributed by atoms with E-state index in [1.54, 1.807) is 4.52 Å². The number of nitrogen functional groups attached to an aromatic ring is 1. The summed E-state index contributed by atoms with van der Waals surface area (Å²) in [6.07, 6.45) is 7.94. The number of piperidine rings is 1. The van der Waals surface area contributed by atoms with E-state index in [4.69, 9.17) is 10.7 Å². The lowest BCUT2D eigenvalue weighted by Crippen LogP contribution is -2.29. The van der Waals surface area contributed by atoms with Crippen molar-refractivity contribution in [1.29, 1.82) is 0 Å². The van der Waals surface area contributed by atoms with Crippen molar-refractivity contribution in [1.82, 2.24) is 29.7 Å². The Kier molecular flexibility index (Phi) is 4.01. The number of nitrogens with zero attached hydrogens (tertiary/aromatic N) is 5. The van der Waals surface area contributed by atoms with E-state index in [-0.39, 0.29) is 0 Å². The molecule has 3 aromatic rings. The molecule has 4 rings (SSSR count). The molecule has 126 valence electrons. The number of hydrogen-bond donors (Lipinski definition) is 2. The molecule has 1 unspecified atom stereocenters. The van der Waals surface area contributed by atoms with Crippen LogP contribution in [0.15, 0.2) is 23.1 Å². The van der Waals surface area contributed by atoms with Gasteiger partial charge in [0.2, 0.25) is 0 Å². The molecule has 1 saturated heterocycles. The Bertz CT molecular complexity index is 876. The minimum atomic E-state index is 0.363. The number of halogens is 1. The predicted molar refractivity (Wildman–Crippen MR) is 96.8 cm³/mol. The molecule has 1 fully saturated rings. The quantitative estimate of drug-likeness (QED) is 0.718. The van der Waals surface area contributed by atoms with Gasteiger partial charge in [0.05, 0.1) is 22.6 Å². The highest BCUT2D eigenvalue weighted by Gasteiger charge is 2.24. The lowest BCUT2D eigenvalue weighted by molar-refractivity contribution is 0.453. The van der Waals surface area contributed by atoms with E-state index in [1.165, 1.54) is 0 Å². The maximum absolute atomic E-state index is 6.32. The van der Waals surface area contributed by atoms with Crippen LogP contribution in [0.3, 0.4) is 0 Å². The van der Waals surface area contributed by atoms with E-state index >= 15 is 0 Å². The highest BCUT2D eigenvalue weighted by atomic mass is 79.9. The fraction of sp³-hybridized carbons (Fsp3) is 0.438. The molecule has 8 heteroatoms. The van der Waals surface area contributed by atoms with Gasteiger partial charge in [-0.3, -0.25) is 4.68 Å². The molecule has 0 amide bonds. The van der Waals surface area contributed by atoms with Gasteiger partial charge < -0.3 is 11.1 Å². The zero-order valence-corrected chi connectivity index (χ0v) is 15.1. The molecule has 1 aliphatic rings. The summed E-state index contributed by atoms with van der Waals surface area (Å²) in [5.74, 6) is 0.955. The molecule has 1 aliphatic heterocycles. The third-order valence-electron chi connectivity index (χ3n) is 4.60. The third kappa shape index (κ3) is 2.50. The van der Waals surface area contributed by atoms with E-state index in [2.05, 4.69) is 38.4 Å². The number of rotatable bonds is 3. The third-order valence-corrected chi connectivity index (χ3v) is 5.41. The molecule has 24 heavy (non-hydrogen) atoms. The molecular weight excluding hydrogens is 370 g/mol. The van der Waals surface area contributed by atoms with E-state index in [0.29, 0.717) is 11.7 Å². The van der Waals surface area contributed by atoms with Crippen LogP contribution in [0.5, 0.6) is 0 Å². The number of nitrogens with one attached hydrogen (secondary N) is 1. The molecular formula is C16H20BrN7. The van der Waals surface area contributed by atoms with Crippen molar-refractivity contribution in [3.05, 3.63) is 28.8 Å². The van der Waals surface area contributed by atoms with Gasteiger partial charge in [-0.15, -0.1) is 0 Å². The fourth-order valence-electron chi connectivity index (χ4n) is 3.25. The number of hydrogen-bond acceptors (Lipinski definition) is 5. The molecule has 0 aromatic carbocycles. The van der Waals surface area contributed by atoms with Crippen LogP contribution in [0.2, 0.25) is 0 Å². The van der Waals surface area contributed by atoms with Crippen molar-refractivity contribution in [3.63, 3.8) is 0 Å². The predicted octanol–water partition coefficient (Wildman–Crippen LogP) is 2.42. The van der Waals surface area contributed by atoms with E-state index in [9.17, 15) is 0 Å². The monoisotopic (exact) mass is 389 g/mol. The second kappa shape index (κ2) is 6.18. The van der Waals surface area contributed by atoms with Crippen LogP contribution in [0.4, 0.5) is 5.82 Å². The zero-order valence-electron chi connectivity index (χ0n) is 13.5. The van der Waals surface area contributed by atoms with Gasteiger partial charge in [-0.05, 0) is 42.2 Å². The van der Waals surface area contributed by atoms with Gasteiger partial charge in [-0.25, -0.2) is 4.98 Å². The highest BCUT2D eigenvalue weighted by Crippen LogP contribution is 2.34. The first-order valence-corrected chi connectivity index (χ1v) is 9.04. The smallest absolute Gasteiger partial charge is 0.165 e. The lowest BCUT2D eigenvalue weighted by atomic mass is 9.96. The van der Waals surface area contributed by atoms with Crippen LogP contribution in [0, 0.1) is 0 Å². The molecule has 3 aromatic heterocycles. The minimum Gasteiger partial charge on any atom is -0.383 e. The summed E-state index contributed by atoms with van der Waals surface area (Å²) in [5, 5.41) is 12.2. The average molecular weight is 390 g/mol. The summed E-state index contributed by atoms with van der Waals surface area (Å²) in [7, 11) is 0. The highest BCUT2D eigenvalue weighted by molar-refractivity contribution is 9.10. The van der Waals surface area contributed by atoms with Gasteiger partial charge in [0.25, 0.3) is 0 Å². The topological polar surface area (TPSA) is 86.1 Å². The van der Waals surface area contributed by atoms with Crippen LogP contribution in [0.1, 0.15) is 31.4 Å². The summed E-state index contributed by atoms with van der Waals surface area (Å²) in [6, 6.07) is 0. The number of aryl methyl sites for hydroxylation is 1.